The van der Waals surface area contributed by atoms with E-state index in [1.54, 1.807) is 48.2 Å². The van der Waals surface area contributed by atoms with Crippen LogP contribution < -0.4 is 5.32 Å². The number of rotatable bonds is 4. The topological polar surface area (TPSA) is 92.6 Å². The number of anilines is 1. The Balaban J connectivity index is 1.67. The second kappa shape index (κ2) is 8.39. The third kappa shape index (κ3) is 4.48. The van der Waals surface area contributed by atoms with Gasteiger partial charge in [-0.15, -0.1) is 0 Å². The number of carbonyl (C=O) groups is 2. The van der Waals surface area contributed by atoms with E-state index in [0.29, 0.717) is 47.8 Å². The molecule has 1 aliphatic rings. The number of amides is 2. The normalized spacial score (nSPS) is 16.5. The minimum Gasteiger partial charge on any atom is -0.338 e. The van der Waals surface area contributed by atoms with E-state index in [0.717, 1.165) is 0 Å². The number of halogens is 1. The molecular weight excluding hydrogens is 382 g/mol. The van der Waals surface area contributed by atoms with Gasteiger partial charge in [0, 0.05) is 41.0 Å². The Morgan fingerprint density at radius 2 is 1.93 bits per heavy atom. The summed E-state index contributed by atoms with van der Waals surface area (Å²) in [5, 5.41) is 14.4. The number of nitrogens with zero attached hydrogens (tertiary/aromatic N) is 2. The molecule has 1 atom stereocenters. The summed E-state index contributed by atoms with van der Waals surface area (Å²) in [5.41, 5.74) is 1.39. The Kier molecular flexibility index (Phi) is 5.94. The lowest BCUT2D eigenvalue weighted by molar-refractivity contribution is -0.385. The van der Waals surface area contributed by atoms with Gasteiger partial charge in [0.05, 0.1) is 10.8 Å². The molecule has 1 heterocycles. The van der Waals surface area contributed by atoms with Crippen molar-refractivity contribution in [2.45, 2.75) is 19.8 Å². The molecule has 1 unspecified atom stereocenters. The quantitative estimate of drug-likeness (QED) is 0.617. The highest BCUT2D eigenvalue weighted by Crippen LogP contribution is 2.25. The van der Waals surface area contributed by atoms with E-state index in [-0.39, 0.29) is 23.4 Å². The fraction of sp³-hybridized carbons (Fsp3) is 0.300. The summed E-state index contributed by atoms with van der Waals surface area (Å²) in [7, 11) is 0. The molecule has 0 aliphatic carbocycles. The first-order valence-corrected chi connectivity index (χ1v) is 9.33. The second-order valence-corrected chi connectivity index (χ2v) is 7.28. The fourth-order valence-corrected chi connectivity index (χ4v) is 3.40. The van der Waals surface area contributed by atoms with Crippen LogP contribution in [-0.2, 0) is 4.79 Å². The number of nitro benzene ring substituents is 1. The summed E-state index contributed by atoms with van der Waals surface area (Å²) in [6.45, 7) is 2.54. The van der Waals surface area contributed by atoms with Crippen molar-refractivity contribution in [3.63, 3.8) is 0 Å². The first-order valence-electron chi connectivity index (χ1n) is 8.96. The largest absolute Gasteiger partial charge is 0.338 e. The molecular formula is C20H20ClN3O4. The number of piperidine rings is 1. The molecule has 2 aromatic carbocycles. The standard InChI is InChI=1S/C20H20ClN3O4/c1-13-4-9-17(11-18(13)24(27)28)22-19(25)15-3-2-10-23(12-15)20(26)14-5-7-16(21)8-6-14/h4-9,11,15H,2-3,10,12H2,1H3,(H,22,25). The Bertz CT molecular complexity index is 914. The van der Waals surface area contributed by atoms with Gasteiger partial charge in [0.15, 0.2) is 0 Å². The van der Waals surface area contributed by atoms with Crippen LogP contribution in [0.2, 0.25) is 5.02 Å². The summed E-state index contributed by atoms with van der Waals surface area (Å²) < 4.78 is 0. The molecule has 1 fully saturated rings. The predicted octanol–water partition coefficient (Wildman–Crippen LogP) is 4.05. The van der Waals surface area contributed by atoms with E-state index < -0.39 is 4.92 Å². The Morgan fingerprint density at radius 1 is 1.21 bits per heavy atom. The van der Waals surface area contributed by atoms with Gasteiger partial charge >= 0.3 is 0 Å². The molecule has 1 saturated heterocycles. The van der Waals surface area contributed by atoms with Gasteiger partial charge in [0.1, 0.15) is 0 Å². The smallest absolute Gasteiger partial charge is 0.274 e. The summed E-state index contributed by atoms with van der Waals surface area (Å²) in [6.07, 6.45) is 1.37. The van der Waals surface area contributed by atoms with Crippen molar-refractivity contribution in [1.82, 2.24) is 4.90 Å². The zero-order valence-corrected chi connectivity index (χ0v) is 16.1. The number of carbonyl (C=O) groups excluding carboxylic acids is 2. The molecule has 146 valence electrons. The number of likely N-dealkylation sites (tertiary alicyclic amines) is 1. The second-order valence-electron chi connectivity index (χ2n) is 6.84. The van der Waals surface area contributed by atoms with Crippen LogP contribution in [0.3, 0.4) is 0 Å². The summed E-state index contributed by atoms with van der Waals surface area (Å²) in [4.78, 5) is 37.6. The predicted molar refractivity (Wildman–Crippen MR) is 107 cm³/mol. The van der Waals surface area contributed by atoms with Crippen molar-refractivity contribution in [3.05, 3.63) is 68.7 Å². The van der Waals surface area contributed by atoms with Gasteiger partial charge < -0.3 is 10.2 Å². The van der Waals surface area contributed by atoms with Crippen LogP contribution >= 0.6 is 11.6 Å². The van der Waals surface area contributed by atoms with Crippen LogP contribution in [0.1, 0.15) is 28.8 Å². The van der Waals surface area contributed by atoms with Crippen LogP contribution in [0.4, 0.5) is 11.4 Å². The molecule has 28 heavy (non-hydrogen) atoms. The minimum atomic E-state index is -0.474. The average Bonchev–Trinajstić information content (AvgIpc) is 2.69. The van der Waals surface area contributed by atoms with Crippen LogP contribution in [0, 0.1) is 23.0 Å². The highest BCUT2D eigenvalue weighted by atomic mass is 35.5. The highest BCUT2D eigenvalue weighted by Gasteiger charge is 2.29. The molecule has 1 aliphatic heterocycles. The van der Waals surface area contributed by atoms with Crippen molar-refractivity contribution in [2.75, 3.05) is 18.4 Å². The van der Waals surface area contributed by atoms with Crippen LogP contribution in [0.15, 0.2) is 42.5 Å². The SMILES string of the molecule is Cc1ccc(NC(=O)C2CCCN(C(=O)c3ccc(Cl)cc3)C2)cc1[N+](=O)[O-]. The molecule has 2 amide bonds. The number of benzene rings is 2. The molecule has 1 N–H and O–H groups in total. The van der Waals surface area contributed by atoms with Gasteiger partial charge in [-0.05, 0) is 50.1 Å². The van der Waals surface area contributed by atoms with Crippen molar-refractivity contribution >= 4 is 34.8 Å². The van der Waals surface area contributed by atoms with Crippen LogP contribution in [-0.4, -0.2) is 34.7 Å². The van der Waals surface area contributed by atoms with E-state index in [1.165, 1.54) is 6.07 Å². The maximum absolute atomic E-state index is 12.7. The van der Waals surface area contributed by atoms with Crippen molar-refractivity contribution in [2.24, 2.45) is 5.92 Å². The van der Waals surface area contributed by atoms with Gasteiger partial charge in [-0.3, -0.25) is 19.7 Å². The van der Waals surface area contributed by atoms with Gasteiger partial charge in [0.25, 0.3) is 11.6 Å². The lowest BCUT2D eigenvalue weighted by Gasteiger charge is -2.32. The van der Waals surface area contributed by atoms with Gasteiger partial charge in [-0.2, -0.15) is 0 Å². The summed E-state index contributed by atoms with van der Waals surface area (Å²) in [5.74, 6) is -0.753. The van der Waals surface area contributed by atoms with Crippen LogP contribution in [0.5, 0.6) is 0 Å². The third-order valence-electron chi connectivity index (χ3n) is 4.84. The molecule has 7 nitrogen and oxygen atoms in total. The maximum atomic E-state index is 12.7. The molecule has 2 aromatic rings. The molecule has 8 heteroatoms. The average molecular weight is 402 g/mol. The lowest BCUT2D eigenvalue weighted by Crippen LogP contribution is -2.43. The van der Waals surface area contributed by atoms with E-state index in [2.05, 4.69) is 5.32 Å². The number of hydrogen-bond donors (Lipinski definition) is 1. The number of nitro groups is 1. The van der Waals surface area contributed by atoms with E-state index in [9.17, 15) is 19.7 Å². The van der Waals surface area contributed by atoms with E-state index >= 15 is 0 Å². The van der Waals surface area contributed by atoms with E-state index in [1.807, 2.05) is 0 Å². The fourth-order valence-electron chi connectivity index (χ4n) is 3.28. The number of aryl methyl sites for hydroxylation is 1. The first kappa shape index (κ1) is 19.8. The first-order chi connectivity index (χ1) is 13.3. The molecule has 3 rings (SSSR count). The molecule has 0 saturated carbocycles. The highest BCUT2D eigenvalue weighted by molar-refractivity contribution is 6.30. The number of hydrogen-bond acceptors (Lipinski definition) is 4. The zero-order chi connectivity index (χ0) is 20.3. The molecule has 0 radical (unpaired) electrons. The van der Waals surface area contributed by atoms with E-state index in [4.69, 9.17) is 11.6 Å². The van der Waals surface area contributed by atoms with Crippen molar-refractivity contribution < 1.29 is 14.5 Å². The number of nitrogens with one attached hydrogen (secondary N) is 1. The minimum absolute atomic E-state index is 0.0408. The third-order valence-corrected chi connectivity index (χ3v) is 5.10. The van der Waals surface area contributed by atoms with Gasteiger partial charge in [-0.25, -0.2) is 0 Å². The van der Waals surface area contributed by atoms with Gasteiger partial charge in [-0.1, -0.05) is 17.7 Å². The maximum Gasteiger partial charge on any atom is 0.274 e. The Morgan fingerprint density at radius 3 is 2.61 bits per heavy atom. The zero-order valence-electron chi connectivity index (χ0n) is 15.4. The molecule has 0 spiro atoms. The molecule has 0 bridgehead atoms. The Hall–Kier alpha value is -2.93. The molecule has 0 aromatic heterocycles. The monoisotopic (exact) mass is 401 g/mol. The lowest BCUT2D eigenvalue weighted by atomic mass is 9.96. The summed E-state index contributed by atoms with van der Waals surface area (Å²) in [6, 6.07) is 11.2. The van der Waals surface area contributed by atoms with Crippen molar-refractivity contribution in [3.8, 4) is 0 Å². The van der Waals surface area contributed by atoms with Crippen LogP contribution in [0.25, 0.3) is 0 Å². The van der Waals surface area contributed by atoms with Gasteiger partial charge in [0.2, 0.25) is 5.91 Å². The van der Waals surface area contributed by atoms with Crippen molar-refractivity contribution in [1.29, 1.82) is 0 Å². The summed E-state index contributed by atoms with van der Waals surface area (Å²) >= 11 is 5.86. The Labute approximate surface area is 167 Å².